The summed E-state index contributed by atoms with van der Waals surface area (Å²) in [5, 5.41) is 15.9. The number of nitrogens with one attached hydrogen (secondary N) is 3. The Bertz CT molecular complexity index is 1360. The smallest absolute Gasteiger partial charge is 0.274 e. The van der Waals surface area contributed by atoms with Crippen LogP contribution in [0.15, 0.2) is 60.9 Å². The molecule has 10 heteroatoms. The molecule has 9 nitrogen and oxygen atoms in total. The van der Waals surface area contributed by atoms with Crippen LogP contribution in [0.2, 0.25) is 0 Å². The fraction of sp³-hybridized carbons (Fsp3) is 0.192. The van der Waals surface area contributed by atoms with E-state index in [4.69, 9.17) is 14.7 Å². The van der Waals surface area contributed by atoms with Gasteiger partial charge in [-0.3, -0.25) is 10.0 Å². The first kappa shape index (κ1) is 24.8. The van der Waals surface area contributed by atoms with Crippen molar-refractivity contribution in [1.82, 2.24) is 20.8 Å². The number of hydrogen-bond donors (Lipinski definition) is 4. The Morgan fingerprint density at radius 3 is 2.58 bits per heavy atom. The minimum absolute atomic E-state index is 0.270. The third-order valence-corrected chi connectivity index (χ3v) is 5.52. The molecule has 36 heavy (non-hydrogen) atoms. The van der Waals surface area contributed by atoms with Gasteiger partial charge in [0.05, 0.1) is 12.6 Å². The third-order valence-electron chi connectivity index (χ3n) is 5.52. The molecule has 0 atom stereocenters. The maximum atomic E-state index is 13.6. The molecule has 4 aromatic rings. The molecule has 1 amide bonds. The standard InChI is InChI=1S/C26H26FN5O4/c1-16-11-19(7-8-21(16)27)31-25-20-12-24(23(35-2)13-22(20)29-15-30-25)36-10-9-28-14-17-3-5-18(6-4-17)26(33)32-34/h3-8,11-13,15,28,34H,9-10,14H2,1-2H3,(H,32,33)(H,29,30,31). The molecule has 0 aliphatic carbocycles. The maximum absolute atomic E-state index is 13.6. The average molecular weight is 492 g/mol. The lowest BCUT2D eigenvalue weighted by molar-refractivity contribution is 0.0706. The number of benzene rings is 3. The maximum Gasteiger partial charge on any atom is 0.274 e. The van der Waals surface area contributed by atoms with E-state index in [1.165, 1.54) is 12.4 Å². The molecule has 0 radical (unpaired) electrons. The van der Waals surface area contributed by atoms with Gasteiger partial charge in [-0.25, -0.2) is 19.8 Å². The monoisotopic (exact) mass is 491 g/mol. The second-order valence-electron chi connectivity index (χ2n) is 7.99. The largest absolute Gasteiger partial charge is 0.493 e. The van der Waals surface area contributed by atoms with Crippen LogP contribution in [0, 0.1) is 12.7 Å². The van der Waals surface area contributed by atoms with E-state index in [1.54, 1.807) is 49.8 Å². The summed E-state index contributed by atoms with van der Waals surface area (Å²) >= 11 is 0. The number of amides is 1. The van der Waals surface area contributed by atoms with Crippen molar-refractivity contribution in [3.05, 3.63) is 83.4 Å². The molecule has 0 aliphatic rings. The highest BCUT2D eigenvalue weighted by atomic mass is 19.1. The van der Waals surface area contributed by atoms with E-state index in [2.05, 4.69) is 20.6 Å². The van der Waals surface area contributed by atoms with Gasteiger partial charge in [-0.1, -0.05) is 12.1 Å². The van der Waals surface area contributed by atoms with Crippen molar-refractivity contribution in [1.29, 1.82) is 0 Å². The molecule has 3 aromatic carbocycles. The van der Waals surface area contributed by atoms with Crippen LogP contribution in [-0.2, 0) is 6.54 Å². The zero-order chi connectivity index (χ0) is 25.5. The summed E-state index contributed by atoms with van der Waals surface area (Å²) < 4.78 is 25.1. The van der Waals surface area contributed by atoms with E-state index < -0.39 is 5.91 Å². The SMILES string of the molecule is COc1cc2ncnc(Nc3ccc(F)c(C)c3)c2cc1OCCNCc1ccc(C(=O)NO)cc1. The Hall–Kier alpha value is -4.28. The first-order chi connectivity index (χ1) is 17.5. The van der Waals surface area contributed by atoms with E-state index in [-0.39, 0.29) is 5.82 Å². The van der Waals surface area contributed by atoms with E-state index in [0.717, 1.165) is 10.9 Å². The molecule has 186 valence electrons. The van der Waals surface area contributed by atoms with Gasteiger partial charge in [-0.05, 0) is 54.4 Å². The van der Waals surface area contributed by atoms with Crippen LogP contribution in [0.1, 0.15) is 21.5 Å². The van der Waals surface area contributed by atoms with E-state index >= 15 is 0 Å². The van der Waals surface area contributed by atoms with Crippen LogP contribution < -0.4 is 25.6 Å². The number of nitrogens with zero attached hydrogens (tertiary/aromatic N) is 2. The fourth-order valence-electron chi connectivity index (χ4n) is 3.60. The quantitative estimate of drug-likeness (QED) is 0.149. The Morgan fingerprint density at radius 1 is 1.06 bits per heavy atom. The third kappa shape index (κ3) is 5.85. The lowest BCUT2D eigenvalue weighted by atomic mass is 10.1. The van der Waals surface area contributed by atoms with Gasteiger partial charge in [0.2, 0.25) is 0 Å². The Balaban J connectivity index is 1.41. The second kappa shape index (κ2) is 11.4. The molecule has 4 N–H and O–H groups in total. The number of aryl methyl sites for hydroxylation is 1. The topological polar surface area (TPSA) is 118 Å². The minimum Gasteiger partial charge on any atom is -0.493 e. The highest BCUT2D eigenvalue weighted by Gasteiger charge is 2.12. The number of anilines is 2. The number of ether oxygens (including phenoxy) is 2. The van der Waals surface area contributed by atoms with Crippen molar-refractivity contribution in [2.24, 2.45) is 0 Å². The summed E-state index contributed by atoms with van der Waals surface area (Å²) in [6.07, 6.45) is 1.45. The lowest BCUT2D eigenvalue weighted by Gasteiger charge is -2.14. The number of fused-ring (bicyclic) bond motifs is 1. The Labute approximate surface area is 207 Å². The van der Waals surface area contributed by atoms with Gasteiger partial charge >= 0.3 is 0 Å². The van der Waals surface area contributed by atoms with E-state index in [0.29, 0.717) is 59.3 Å². The van der Waals surface area contributed by atoms with Crippen molar-refractivity contribution in [3.63, 3.8) is 0 Å². The predicted octanol–water partition coefficient (Wildman–Crippen LogP) is 4.12. The number of carbonyl (C=O) groups excluding carboxylic acids is 1. The van der Waals surface area contributed by atoms with Crippen LogP contribution in [0.4, 0.5) is 15.9 Å². The number of carbonyl (C=O) groups is 1. The molecule has 0 saturated carbocycles. The van der Waals surface area contributed by atoms with Crippen molar-refractivity contribution in [2.45, 2.75) is 13.5 Å². The van der Waals surface area contributed by atoms with Gasteiger partial charge in [0.25, 0.3) is 5.91 Å². The summed E-state index contributed by atoms with van der Waals surface area (Å²) in [5.41, 5.74) is 4.88. The molecule has 0 spiro atoms. The van der Waals surface area contributed by atoms with E-state index in [1.807, 2.05) is 18.2 Å². The van der Waals surface area contributed by atoms with Gasteiger partial charge in [0.1, 0.15) is 24.6 Å². The normalized spacial score (nSPS) is 10.8. The summed E-state index contributed by atoms with van der Waals surface area (Å²) in [4.78, 5) is 20.1. The molecule has 0 unspecified atom stereocenters. The zero-order valence-electron chi connectivity index (χ0n) is 19.8. The molecule has 0 fully saturated rings. The molecular weight excluding hydrogens is 465 g/mol. The number of hydroxylamine groups is 1. The molecule has 1 heterocycles. The molecule has 0 bridgehead atoms. The fourth-order valence-corrected chi connectivity index (χ4v) is 3.60. The average Bonchev–Trinajstić information content (AvgIpc) is 2.90. The van der Waals surface area contributed by atoms with Crippen molar-refractivity contribution >= 4 is 28.3 Å². The van der Waals surface area contributed by atoms with Crippen LogP contribution >= 0.6 is 0 Å². The summed E-state index contributed by atoms with van der Waals surface area (Å²) in [5.74, 6) is 0.828. The number of halogens is 1. The van der Waals surface area contributed by atoms with Gasteiger partial charge in [-0.2, -0.15) is 0 Å². The first-order valence-corrected chi connectivity index (χ1v) is 11.2. The number of hydrogen-bond acceptors (Lipinski definition) is 8. The van der Waals surface area contributed by atoms with Gasteiger partial charge in [-0.15, -0.1) is 0 Å². The second-order valence-corrected chi connectivity index (χ2v) is 7.99. The Morgan fingerprint density at radius 2 is 1.86 bits per heavy atom. The predicted molar refractivity (Wildman–Crippen MR) is 133 cm³/mol. The Kier molecular flexibility index (Phi) is 7.89. The van der Waals surface area contributed by atoms with Crippen LogP contribution in [0.3, 0.4) is 0 Å². The molecule has 0 aliphatic heterocycles. The van der Waals surface area contributed by atoms with Crippen molar-refractivity contribution in [2.75, 3.05) is 25.6 Å². The van der Waals surface area contributed by atoms with Crippen LogP contribution in [-0.4, -0.2) is 41.3 Å². The lowest BCUT2D eigenvalue weighted by Crippen LogP contribution is -2.21. The highest BCUT2D eigenvalue weighted by molar-refractivity contribution is 5.93. The van der Waals surface area contributed by atoms with Crippen molar-refractivity contribution < 1.29 is 23.9 Å². The van der Waals surface area contributed by atoms with Crippen LogP contribution in [0.25, 0.3) is 10.9 Å². The number of rotatable bonds is 10. The number of methoxy groups -OCH3 is 1. The van der Waals surface area contributed by atoms with Gasteiger partial charge in [0, 0.05) is 35.8 Å². The molecular formula is C26H26FN5O4. The first-order valence-electron chi connectivity index (χ1n) is 11.2. The van der Waals surface area contributed by atoms with E-state index in [9.17, 15) is 9.18 Å². The minimum atomic E-state index is -0.552. The summed E-state index contributed by atoms with van der Waals surface area (Å²) in [6, 6.07) is 15.3. The summed E-state index contributed by atoms with van der Waals surface area (Å²) in [6.45, 7) is 3.22. The van der Waals surface area contributed by atoms with Gasteiger partial charge < -0.3 is 20.1 Å². The van der Waals surface area contributed by atoms with Crippen molar-refractivity contribution in [3.8, 4) is 11.5 Å². The zero-order valence-corrected chi connectivity index (χ0v) is 19.8. The highest BCUT2D eigenvalue weighted by Crippen LogP contribution is 2.34. The molecule has 1 aromatic heterocycles. The van der Waals surface area contributed by atoms with Gasteiger partial charge in [0.15, 0.2) is 11.5 Å². The van der Waals surface area contributed by atoms with Crippen LogP contribution in [0.5, 0.6) is 11.5 Å². The number of aromatic nitrogens is 2. The molecule has 4 rings (SSSR count). The molecule has 0 saturated heterocycles. The summed E-state index contributed by atoms with van der Waals surface area (Å²) in [7, 11) is 1.56.